The zero-order chi connectivity index (χ0) is 26.4. The fraction of sp³-hybridized carbons (Fsp3) is 0.231. The van der Waals surface area contributed by atoms with E-state index in [1.165, 1.54) is 29.2 Å². The second-order valence-corrected chi connectivity index (χ2v) is 8.98. The number of anilines is 1. The number of rotatable bonds is 5. The molecule has 188 valence electrons. The molecule has 3 aromatic rings. The molecule has 36 heavy (non-hydrogen) atoms. The number of nitrogens with one attached hydrogen (secondary N) is 1. The van der Waals surface area contributed by atoms with Crippen LogP contribution in [-0.2, 0) is 29.5 Å². The summed E-state index contributed by atoms with van der Waals surface area (Å²) in [6.45, 7) is 2.63. The first-order valence-corrected chi connectivity index (χ1v) is 10.8. The summed E-state index contributed by atoms with van der Waals surface area (Å²) in [5.74, 6) is -4.46. The van der Waals surface area contributed by atoms with E-state index in [0.717, 1.165) is 12.1 Å². The predicted molar refractivity (Wildman–Crippen MR) is 120 cm³/mol. The van der Waals surface area contributed by atoms with E-state index in [1.807, 2.05) is 0 Å². The minimum atomic E-state index is -4.54. The SMILES string of the molecule is CC1(C)C(=O)N(Cc2cccc(C(F)(F)F)c2)c2cc(C(=O)NCc3c(F)cc(F)cc3F)ccc21. The molecular weight excluding hydrogens is 486 g/mol. The van der Waals surface area contributed by atoms with Crippen LogP contribution in [0.25, 0.3) is 0 Å². The van der Waals surface area contributed by atoms with Gasteiger partial charge in [-0.25, -0.2) is 13.2 Å². The first kappa shape index (κ1) is 25.3. The topological polar surface area (TPSA) is 49.4 Å². The summed E-state index contributed by atoms with van der Waals surface area (Å²) in [4.78, 5) is 27.2. The molecule has 1 aliphatic rings. The van der Waals surface area contributed by atoms with Crippen LogP contribution in [0.3, 0.4) is 0 Å². The molecule has 0 saturated carbocycles. The van der Waals surface area contributed by atoms with Gasteiger partial charge in [0.1, 0.15) is 17.5 Å². The van der Waals surface area contributed by atoms with Crippen LogP contribution in [0.5, 0.6) is 0 Å². The summed E-state index contributed by atoms with van der Waals surface area (Å²) in [5.41, 5.74) is -1.13. The van der Waals surface area contributed by atoms with Crippen molar-refractivity contribution in [2.75, 3.05) is 4.90 Å². The van der Waals surface area contributed by atoms with E-state index >= 15 is 0 Å². The molecule has 4 nitrogen and oxygen atoms in total. The minimum absolute atomic E-state index is 0.0659. The van der Waals surface area contributed by atoms with E-state index in [0.29, 0.717) is 23.4 Å². The van der Waals surface area contributed by atoms with Gasteiger partial charge in [-0.05, 0) is 49.2 Å². The smallest absolute Gasteiger partial charge is 0.348 e. The van der Waals surface area contributed by atoms with E-state index in [4.69, 9.17) is 0 Å². The highest BCUT2D eigenvalue weighted by Gasteiger charge is 2.44. The molecule has 0 aromatic heterocycles. The van der Waals surface area contributed by atoms with E-state index in [-0.39, 0.29) is 23.6 Å². The van der Waals surface area contributed by atoms with Crippen LogP contribution in [0.2, 0.25) is 0 Å². The Kier molecular flexibility index (Phi) is 6.32. The molecule has 3 aromatic carbocycles. The largest absolute Gasteiger partial charge is 0.416 e. The number of fused-ring (bicyclic) bond motifs is 1. The zero-order valence-electron chi connectivity index (χ0n) is 19.1. The van der Waals surface area contributed by atoms with Crippen molar-refractivity contribution in [1.29, 1.82) is 0 Å². The van der Waals surface area contributed by atoms with Crippen molar-refractivity contribution >= 4 is 17.5 Å². The lowest BCUT2D eigenvalue weighted by atomic mass is 9.86. The second kappa shape index (κ2) is 9.00. The zero-order valence-corrected chi connectivity index (χ0v) is 19.1. The lowest BCUT2D eigenvalue weighted by Crippen LogP contribution is -2.35. The average Bonchev–Trinajstić information content (AvgIpc) is 2.98. The van der Waals surface area contributed by atoms with Gasteiger partial charge in [-0.2, -0.15) is 13.2 Å². The van der Waals surface area contributed by atoms with Gasteiger partial charge in [-0.3, -0.25) is 9.59 Å². The van der Waals surface area contributed by atoms with Crippen molar-refractivity contribution in [2.24, 2.45) is 0 Å². The Balaban J connectivity index is 1.61. The molecule has 0 fully saturated rings. The quantitative estimate of drug-likeness (QED) is 0.440. The molecule has 0 bridgehead atoms. The van der Waals surface area contributed by atoms with Crippen LogP contribution in [0, 0.1) is 17.5 Å². The first-order chi connectivity index (χ1) is 16.8. The van der Waals surface area contributed by atoms with E-state index in [9.17, 15) is 35.9 Å². The Hall–Kier alpha value is -3.82. The summed E-state index contributed by atoms with van der Waals surface area (Å²) in [5, 5.41) is 2.36. The summed E-state index contributed by atoms with van der Waals surface area (Å²) in [6.07, 6.45) is -4.54. The number of amides is 2. The molecule has 0 aliphatic carbocycles. The van der Waals surface area contributed by atoms with E-state index in [2.05, 4.69) is 5.32 Å². The molecule has 0 radical (unpaired) electrons. The highest BCUT2D eigenvalue weighted by molar-refractivity contribution is 6.08. The summed E-state index contributed by atoms with van der Waals surface area (Å²) >= 11 is 0. The highest BCUT2D eigenvalue weighted by atomic mass is 19.4. The lowest BCUT2D eigenvalue weighted by molar-refractivity contribution is -0.137. The van der Waals surface area contributed by atoms with Crippen molar-refractivity contribution in [2.45, 2.75) is 38.5 Å². The molecular formula is C26H20F6N2O2. The normalized spacial score (nSPS) is 14.7. The van der Waals surface area contributed by atoms with E-state index in [1.54, 1.807) is 19.9 Å². The Morgan fingerprint density at radius 3 is 2.28 bits per heavy atom. The maximum Gasteiger partial charge on any atom is 0.416 e. The fourth-order valence-corrected chi connectivity index (χ4v) is 4.18. The fourth-order valence-electron chi connectivity index (χ4n) is 4.18. The summed E-state index contributed by atoms with van der Waals surface area (Å²) in [6, 6.07) is 10.0. The van der Waals surface area contributed by atoms with Crippen molar-refractivity contribution in [3.8, 4) is 0 Å². The highest BCUT2D eigenvalue weighted by Crippen LogP contribution is 2.43. The van der Waals surface area contributed by atoms with Crippen molar-refractivity contribution in [3.05, 3.63) is 99.9 Å². The van der Waals surface area contributed by atoms with Crippen LogP contribution >= 0.6 is 0 Å². The van der Waals surface area contributed by atoms with Crippen LogP contribution in [-0.4, -0.2) is 11.8 Å². The van der Waals surface area contributed by atoms with Crippen molar-refractivity contribution < 1.29 is 35.9 Å². The Labute approximate surface area is 202 Å². The van der Waals surface area contributed by atoms with Crippen LogP contribution in [0.1, 0.15) is 46.5 Å². The molecule has 10 heteroatoms. The standard InChI is InChI=1S/C26H20F6N2O2/c1-25(2)19-7-6-15(23(35)33-12-18-20(28)10-17(27)11-21(18)29)9-22(19)34(24(25)36)13-14-4-3-5-16(8-14)26(30,31)32/h3-11H,12-13H2,1-2H3,(H,33,35). The summed E-state index contributed by atoms with van der Waals surface area (Å²) in [7, 11) is 0. The lowest BCUT2D eigenvalue weighted by Gasteiger charge is -2.21. The predicted octanol–water partition coefficient (Wildman–Crippen LogP) is 5.88. The van der Waals surface area contributed by atoms with Gasteiger partial charge in [0.05, 0.1) is 17.5 Å². The molecule has 2 amide bonds. The van der Waals surface area contributed by atoms with Crippen molar-refractivity contribution in [3.63, 3.8) is 0 Å². The molecule has 4 rings (SSSR count). The number of nitrogens with zero attached hydrogens (tertiary/aromatic N) is 1. The Morgan fingerprint density at radius 1 is 0.972 bits per heavy atom. The average molecular weight is 506 g/mol. The number of alkyl halides is 3. The van der Waals surface area contributed by atoms with Gasteiger partial charge in [0.15, 0.2) is 0 Å². The molecule has 0 unspecified atom stereocenters. The molecule has 1 aliphatic heterocycles. The maximum atomic E-state index is 13.9. The Morgan fingerprint density at radius 2 is 1.64 bits per heavy atom. The molecule has 0 spiro atoms. The third-order valence-electron chi connectivity index (χ3n) is 6.13. The monoisotopic (exact) mass is 506 g/mol. The number of halogens is 6. The number of hydrogen-bond donors (Lipinski definition) is 1. The van der Waals surface area contributed by atoms with E-state index < -0.39 is 52.6 Å². The third-order valence-corrected chi connectivity index (χ3v) is 6.13. The molecule has 1 heterocycles. The number of hydrogen-bond acceptors (Lipinski definition) is 2. The van der Waals surface area contributed by atoms with Gasteiger partial charge in [0.2, 0.25) is 5.91 Å². The van der Waals surface area contributed by atoms with Crippen LogP contribution in [0.15, 0.2) is 54.6 Å². The third kappa shape index (κ3) is 4.67. The van der Waals surface area contributed by atoms with Crippen LogP contribution in [0.4, 0.5) is 32.0 Å². The first-order valence-electron chi connectivity index (χ1n) is 10.8. The van der Waals surface area contributed by atoms with Gasteiger partial charge < -0.3 is 10.2 Å². The second-order valence-electron chi connectivity index (χ2n) is 8.98. The van der Waals surface area contributed by atoms with Gasteiger partial charge in [0, 0.05) is 35.5 Å². The van der Waals surface area contributed by atoms with Gasteiger partial charge >= 0.3 is 6.18 Å². The molecule has 0 atom stereocenters. The van der Waals surface area contributed by atoms with Crippen molar-refractivity contribution in [1.82, 2.24) is 5.32 Å². The van der Waals surface area contributed by atoms with Crippen LogP contribution < -0.4 is 10.2 Å². The summed E-state index contributed by atoms with van der Waals surface area (Å²) < 4.78 is 80.3. The number of carbonyl (C=O) groups is 2. The Bertz CT molecular complexity index is 1340. The van der Waals surface area contributed by atoms with Gasteiger partial charge in [-0.1, -0.05) is 18.2 Å². The molecule has 1 N–H and O–H groups in total. The number of carbonyl (C=O) groups excluding carboxylic acids is 2. The van der Waals surface area contributed by atoms with Gasteiger partial charge in [-0.15, -0.1) is 0 Å². The minimum Gasteiger partial charge on any atom is -0.348 e. The molecule has 0 saturated heterocycles. The number of benzene rings is 3. The maximum absolute atomic E-state index is 13.9. The van der Waals surface area contributed by atoms with Gasteiger partial charge in [0.25, 0.3) is 5.91 Å².